The maximum atomic E-state index is 13.7. The second kappa shape index (κ2) is 8.16. The van der Waals surface area contributed by atoms with E-state index in [1.165, 1.54) is 11.0 Å². The normalized spacial score (nSPS) is 14.3. The number of piperazine rings is 1. The Morgan fingerprint density at radius 3 is 2.48 bits per heavy atom. The number of rotatable bonds is 3. The van der Waals surface area contributed by atoms with Crippen LogP contribution in [0.25, 0.3) is 10.1 Å². The van der Waals surface area contributed by atoms with Gasteiger partial charge in [0.2, 0.25) is 5.91 Å². The number of fused-ring (bicyclic) bond motifs is 1. The van der Waals surface area contributed by atoms with E-state index in [4.69, 9.17) is 0 Å². The average molecular weight is 415 g/mol. The van der Waals surface area contributed by atoms with E-state index in [1.807, 2.05) is 29.6 Å². The fourth-order valence-corrected chi connectivity index (χ4v) is 4.35. The molecule has 29 heavy (non-hydrogen) atoms. The number of benzene rings is 2. The predicted octanol–water partition coefficient (Wildman–Crippen LogP) is 4.10. The van der Waals surface area contributed by atoms with Crippen molar-refractivity contribution >= 4 is 39.0 Å². The van der Waals surface area contributed by atoms with Crippen LogP contribution in [0.4, 0.5) is 19.3 Å². The van der Waals surface area contributed by atoms with E-state index in [0.717, 1.165) is 27.8 Å². The molecule has 0 atom stereocenters. The molecule has 3 amide bonds. The Hall–Kier alpha value is -3.00. The van der Waals surface area contributed by atoms with Crippen LogP contribution in [0.5, 0.6) is 0 Å². The van der Waals surface area contributed by atoms with Crippen molar-refractivity contribution in [2.75, 3.05) is 31.5 Å². The van der Waals surface area contributed by atoms with Crippen molar-refractivity contribution in [3.05, 3.63) is 65.0 Å². The van der Waals surface area contributed by atoms with Gasteiger partial charge >= 0.3 is 6.03 Å². The standard InChI is InChI=1S/C21H19F2N3O2S/c22-15-5-6-18(17(23)12-15)24-21(28)26-9-7-25(8-10-26)20(27)11-14-13-29-19-4-2-1-3-16(14)19/h1-6,12-13H,7-11H2,(H,24,28). The summed E-state index contributed by atoms with van der Waals surface area (Å²) < 4.78 is 27.8. The van der Waals surface area contributed by atoms with Crippen LogP contribution in [-0.2, 0) is 11.2 Å². The summed E-state index contributed by atoms with van der Waals surface area (Å²) in [5.41, 5.74) is 0.946. The van der Waals surface area contributed by atoms with Crippen LogP contribution in [0.3, 0.4) is 0 Å². The van der Waals surface area contributed by atoms with Gasteiger partial charge < -0.3 is 15.1 Å². The molecule has 4 rings (SSSR count). The molecule has 8 heteroatoms. The predicted molar refractivity (Wildman–Crippen MR) is 109 cm³/mol. The molecule has 1 N–H and O–H groups in total. The van der Waals surface area contributed by atoms with Gasteiger partial charge in [0.1, 0.15) is 11.6 Å². The fraction of sp³-hybridized carbons (Fsp3) is 0.238. The highest BCUT2D eigenvalue weighted by molar-refractivity contribution is 7.17. The first-order valence-electron chi connectivity index (χ1n) is 9.25. The third kappa shape index (κ3) is 4.22. The molecule has 1 saturated heterocycles. The molecule has 0 saturated carbocycles. The molecule has 0 aliphatic carbocycles. The van der Waals surface area contributed by atoms with Crippen LogP contribution in [0.1, 0.15) is 5.56 Å². The minimum absolute atomic E-state index is 0.0261. The van der Waals surface area contributed by atoms with Crippen molar-refractivity contribution in [1.82, 2.24) is 9.80 Å². The van der Waals surface area contributed by atoms with Gasteiger partial charge in [-0.25, -0.2) is 13.6 Å². The summed E-state index contributed by atoms with van der Waals surface area (Å²) in [6, 6.07) is 10.5. The quantitative estimate of drug-likeness (QED) is 0.700. The Labute approximate surface area is 170 Å². The fourth-order valence-electron chi connectivity index (χ4n) is 3.39. The van der Waals surface area contributed by atoms with Crippen LogP contribution in [0.2, 0.25) is 0 Å². The number of amides is 3. The van der Waals surface area contributed by atoms with E-state index in [1.54, 1.807) is 16.2 Å². The topological polar surface area (TPSA) is 52.7 Å². The number of nitrogens with zero attached hydrogens (tertiary/aromatic N) is 2. The van der Waals surface area contributed by atoms with Crippen molar-refractivity contribution < 1.29 is 18.4 Å². The van der Waals surface area contributed by atoms with E-state index in [2.05, 4.69) is 5.32 Å². The van der Waals surface area contributed by atoms with Gasteiger partial charge in [-0.1, -0.05) is 18.2 Å². The molecule has 1 fully saturated rings. The summed E-state index contributed by atoms with van der Waals surface area (Å²) in [6.45, 7) is 1.54. The molecule has 0 spiro atoms. The lowest BCUT2D eigenvalue weighted by atomic mass is 10.1. The van der Waals surface area contributed by atoms with E-state index >= 15 is 0 Å². The highest BCUT2D eigenvalue weighted by Gasteiger charge is 2.25. The number of thiophene rings is 1. The van der Waals surface area contributed by atoms with E-state index < -0.39 is 17.7 Å². The van der Waals surface area contributed by atoms with Crippen LogP contribution < -0.4 is 5.32 Å². The summed E-state index contributed by atoms with van der Waals surface area (Å²) in [5, 5.41) is 5.57. The number of carbonyl (C=O) groups excluding carboxylic acids is 2. The van der Waals surface area contributed by atoms with E-state index in [0.29, 0.717) is 32.6 Å². The Morgan fingerprint density at radius 2 is 1.72 bits per heavy atom. The van der Waals surface area contributed by atoms with Crippen molar-refractivity contribution in [1.29, 1.82) is 0 Å². The molecular formula is C21H19F2N3O2S. The zero-order valence-electron chi connectivity index (χ0n) is 15.5. The van der Waals surface area contributed by atoms with Gasteiger partial charge in [0.15, 0.2) is 0 Å². The minimum Gasteiger partial charge on any atom is -0.339 e. The number of halogens is 2. The van der Waals surface area contributed by atoms with Gasteiger partial charge in [0.05, 0.1) is 12.1 Å². The maximum absolute atomic E-state index is 13.7. The monoisotopic (exact) mass is 415 g/mol. The summed E-state index contributed by atoms with van der Waals surface area (Å²) in [7, 11) is 0. The highest BCUT2D eigenvalue weighted by Crippen LogP contribution is 2.26. The first-order valence-corrected chi connectivity index (χ1v) is 10.1. The van der Waals surface area contributed by atoms with Crippen LogP contribution in [0, 0.1) is 11.6 Å². The Morgan fingerprint density at radius 1 is 1.00 bits per heavy atom. The van der Waals surface area contributed by atoms with Crippen LogP contribution in [-0.4, -0.2) is 47.9 Å². The molecule has 1 aromatic heterocycles. The first-order chi connectivity index (χ1) is 14.0. The molecule has 2 aromatic carbocycles. The van der Waals surface area contributed by atoms with Gasteiger partial charge in [-0.3, -0.25) is 4.79 Å². The van der Waals surface area contributed by atoms with E-state index in [9.17, 15) is 18.4 Å². The number of anilines is 1. The number of hydrogen-bond donors (Lipinski definition) is 1. The molecule has 150 valence electrons. The van der Waals surface area contributed by atoms with Gasteiger partial charge in [0, 0.05) is 36.9 Å². The lowest BCUT2D eigenvalue weighted by Gasteiger charge is -2.34. The van der Waals surface area contributed by atoms with Gasteiger partial charge in [-0.05, 0) is 34.5 Å². The van der Waals surface area contributed by atoms with Gasteiger partial charge in [0.25, 0.3) is 0 Å². The van der Waals surface area contributed by atoms with Crippen LogP contribution in [0.15, 0.2) is 47.8 Å². The average Bonchev–Trinajstić information content (AvgIpc) is 3.13. The molecule has 0 bridgehead atoms. The molecule has 1 aliphatic rings. The third-order valence-corrected chi connectivity index (χ3v) is 6.01. The minimum atomic E-state index is -0.824. The summed E-state index contributed by atoms with van der Waals surface area (Å²) in [6.07, 6.45) is 0.330. The zero-order chi connectivity index (χ0) is 20.4. The lowest BCUT2D eigenvalue weighted by Crippen LogP contribution is -2.52. The van der Waals surface area contributed by atoms with Crippen molar-refractivity contribution in [3.8, 4) is 0 Å². The Kier molecular flexibility index (Phi) is 5.44. The second-order valence-corrected chi connectivity index (χ2v) is 7.77. The van der Waals surface area contributed by atoms with Crippen molar-refractivity contribution in [2.24, 2.45) is 0 Å². The summed E-state index contributed by atoms with van der Waals surface area (Å²) >= 11 is 1.62. The Balaban J connectivity index is 1.32. The van der Waals surface area contributed by atoms with E-state index in [-0.39, 0.29) is 11.6 Å². The smallest absolute Gasteiger partial charge is 0.322 e. The van der Waals surface area contributed by atoms with Gasteiger partial charge in [-0.2, -0.15) is 0 Å². The maximum Gasteiger partial charge on any atom is 0.322 e. The van der Waals surface area contributed by atoms with Gasteiger partial charge in [-0.15, -0.1) is 11.3 Å². The number of hydrogen-bond acceptors (Lipinski definition) is 3. The first kappa shape index (κ1) is 19.3. The van der Waals surface area contributed by atoms with Crippen molar-refractivity contribution in [2.45, 2.75) is 6.42 Å². The molecule has 5 nitrogen and oxygen atoms in total. The third-order valence-electron chi connectivity index (χ3n) is 5.00. The summed E-state index contributed by atoms with van der Waals surface area (Å²) in [5.74, 6) is -1.50. The summed E-state index contributed by atoms with van der Waals surface area (Å²) in [4.78, 5) is 28.3. The molecule has 3 aromatic rings. The second-order valence-electron chi connectivity index (χ2n) is 6.86. The molecule has 2 heterocycles. The highest BCUT2D eigenvalue weighted by atomic mass is 32.1. The molecular weight excluding hydrogens is 396 g/mol. The molecule has 1 aliphatic heterocycles. The largest absolute Gasteiger partial charge is 0.339 e. The number of nitrogens with one attached hydrogen (secondary N) is 1. The number of urea groups is 1. The van der Waals surface area contributed by atoms with Crippen LogP contribution >= 0.6 is 11.3 Å². The number of carbonyl (C=O) groups is 2. The molecule has 0 radical (unpaired) electrons. The van der Waals surface area contributed by atoms with Crippen molar-refractivity contribution in [3.63, 3.8) is 0 Å². The Bertz CT molecular complexity index is 1060. The SMILES string of the molecule is O=C(Cc1csc2ccccc12)N1CCN(C(=O)Nc2ccc(F)cc2F)CC1. The zero-order valence-corrected chi connectivity index (χ0v) is 16.3. The lowest BCUT2D eigenvalue weighted by molar-refractivity contribution is -0.131. The molecule has 0 unspecified atom stereocenters.